The van der Waals surface area contributed by atoms with Gasteiger partial charge in [-0.2, -0.15) is 0 Å². The number of rotatable bonds is 8. The molecule has 0 N–H and O–H groups in total. The van der Waals surface area contributed by atoms with Crippen molar-refractivity contribution in [3.8, 4) is 0 Å². The second-order valence-corrected chi connectivity index (χ2v) is 29.6. The summed E-state index contributed by atoms with van der Waals surface area (Å²) in [6, 6.07) is 0. The van der Waals surface area contributed by atoms with Gasteiger partial charge in [-0.3, -0.25) is 0 Å². The van der Waals surface area contributed by atoms with Crippen LogP contribution in [0.15, 0.2) is 43.0 Å². The summed E-state index contributed by atoms with van der Waals surface area (Å²) in [6.07, 6.45) is 10.0. The molecule has 2 aliphatic rings. The van der Waals surface area contributed by atoms with E-state index in [4.69, 9.17) is 0 Å². The van der Waals surface area contributed by atoms with Crippen LogP contribution in [-0.4, -0.2) is 15.6 Å². The average Bonchev–Trinajstić information content (AvgIpc) is 3.66. The molecule has 0 spiro atoms. The Morgan fingerprint density at radius 3 is 1.05 bits per heavy atom. The Bertz CT molecular complexity index is 1370. The summed E-state index contributed by atoms with van der Waals surface area (Å²) in [5.74, 6) is -23.9. The predicted octanol–water partition coefficient (Wildman–Crippen LogP) is 9.08. The van der Waals surface area contributed by atoms with Gasteiger partial charge >= 0.3 is 237 Å². The van der Waals surface area contributed by atoms with Crippen molar-refractivity contribution in [2.24, 2.45) is 0 Å². The predicted molar refractivity (Wildman–Crippen MR) is 153 cm³/mol. The van der Waals surface area contributed by atoms with E-state index in [1.54, 1.807) is 64.2 Å². The van der Waals surface area contributed by atoms with Gasteiger partial charge in [0.15, 0.2) is 0 Å². The zero-order valence-electron chi connectivity index (χ0n) is 23.2. The fourth-order valence-electron chi connectivity index (χ4n) is 6.24. The molecule has 43 heavy (non-hydrogen) atoms. The molecule has 0 bridgehead atoms. The van der Waals surface area contributed by atoms with Crippen molar-refractivity contribution in [2.75, 3.05) is 0 Å². The standard InChI is InChI=1S/C12BF10.C6H14P.2C5H5.2ClH.Zr/c14-3-1(4(15)8(19)11(22)7(3)18)13-2-5(16)9(20)12(23)10(21)6(2)17;1-5(2)7-6(3)4;2*1-2-4-5-3-1;;;/h;5-6H,1-4H3;2*1-3H,4H2;2*1H;/q+1;-1;;;;;. The van der Waals surface area contributed by atoms with Crippen LogP contribution >= 0.6 is 30.0 Å². The molecule has 0 unspecified atom stereocenters. The summed E-state index contributed by atoms with van der Waals surface area (Å²) in [5.41, 5.74) is -3.80. The summed E-state index contributed by atoms with van der Waals surface area (Å²) >= 11 is -5.44. The van der Waals surface area contributed by atoms with E-state index in [0.29, 0.717) is 6.56 Å². The van der Waals surface area contributed by atoms with Crippen molar-refractivity contribution < 1.29 is 63.4 Å². The molecule has 0 saturated carbocycles. The molecule has 0 fully saturated rings. The molecule has 2 aliphatic carbocycles. The Labute approximate surface area is 260 Å². The maximum Gasteiger partial charge on any atom is -0.147 e. The number of halogens is 12. The molecule has 0 nitrogen and oxygen atoms in total. The smallest absolute Gasteiger partial charge is 0.147 e. The van der Waals surface area contributed by atoms with Gasteiger partial charge in [-0.25, -0.2) is 0 Å². The first-order valence-electron chi connectivity index (χ1n) is 12.7. The number of benzene rings is 2. The zero-order valence-corrected chi connectivity index (χ0v) is 28.1. The van der Waals surface area contributed by atoms with Crippen LogP contribution in [0.4, 0.5) is 43.9 Å². The van der Waals surface area contributed by atoms with Gasteiger partial charge < -0.3 is 0 Å². The Kier molecular flexibility index (Phi) is 12.7. The minimum atomic E-state index is -5.44. The third kappa shape index (κ3) is 6.00. The molecule has 4 rings (SSSR count). The fourth-order valence-corrected chi connectivity index (χ4v) is 42.6. The maximum absolute atomic E-state index is 15.8. The molecule has 0 amide bonds. The first-order valence-corrected chi connectivity index (χ1v) is 21.4. The molecule has 0 atom stereocenters. The molecule has 0 saturated heterocycles. The SMILES string of the molecule is CC(C)[P](C(C)C)[Zr]([B](c1c(F)c(F)c(F)c(F)c1F)c1c(F)c(F)c(F)c(F)c1F)([C]1=CC=CC1)[C]1=CC=CC1.Cl.Cl. The normalized spacial score (nSPS) is 14.4. The van der Waals surface area contributed by atoms with E-state index in [0.717, 1.165) is 0 Å². The molecule has 0 radical (unpaired) electrons. The molecule has 234 valence electrons. The van der Waals surface area contributed by atoms with Gasteiger partial charge in [-0.1, -0.05) is 0 Å². The van der Waals surface area contributed by atoms with Crippen LogP contribution in [0.5, 0.6) is 0 Å². The quantitative estimate of drug-likeness (QED) is 0.0830. The minimum absolute atomic E-state index is 0. The summed E-state index contributed by atoms with van der Waals surface area (Å²) in [6.45, 7) is 7.10. The second kappa shape index (κ2) is 14.4. The summed E-state index contributed by atoms with van der Waals surface area (Å²) in [5, 5.41) is -1.59. The van der Waals surface area contributed by atoms with Crippen LogP contribution in [0, 0.1) is 58.2 Å². The van der Waals surface area contributed by atoms with E-state index in [2.05, 4.69) is 0 Å². The largest absolute Gasteiger partial charge is 0.147 e. The zero-order chi connectivity index (χ0) is 30.5. The Morgan fingerprint density at radius 1 is 0.535 bits per heavy atom. The molecule has 15 heteroatoms. The van der Waals surface area contributed by atoms with Crippen molar-refractivity contribution in [3.63, 3.8) is 0 Å². The van der Waals surface area contributed by atoms with Gasteiger partial charge in [0.2, 0.25) is 0 Å². The van der Waals surface area contributed by atoms with Gasteiger partial charge in [-0.15, -0.1) is 24.8 Å². The monoisotopic (exact) mass is 754 g/mol. The number of hydrogen-bond donors (Lipinski definition) is 0. The molecule has 0 aromatic heterocycles. The van der Waals surface area contributed by atoms with Crippen molar-refractivity contribution in [1.29, 1.82) is 0 Å². The van der Waals surface area contributed by atoms with Crippen LogP contribution < -0.4 is 10.9 Å². The van der Waals surface area contributed by atoms with Crippen molar-refractivity contribution in [2.45, 2.75) is 51.9 Å². The third-order valence-electron chi connectivity index (χ3n) is 7.52. The van der Waals surface area contributed by atoms with Gasteiger partial charge in [0.05, 0.1) is 0 Å². The van der Waals surface area contributed by atoms with Crippen molar-refractivity contribution in [3.05, 3.63) is 101 Å². The van der Waals surface area contributed by atoms with Gasteiger partial charge in [0.25, 0.3) is 0 Å². The first-order chi connectivity index (χ1) is 19.2. The van der Waals surface area contributed by atoms with Crippen molar-refractivity contribution >= 4 is 45.2 Å². The number of allylic oxidation sites excluding steroid dienone is 8. The van der Waals surface area contributed by atoms with Crippen LogP contribution in [0.2, 0.25) is 0 Å². The van der Waals surface area contributed by atoms with E-state index in [1.165, 1.54) is 0 Å². The third-order valence-corrected chi connectivity index (χ3v) is 39.2. The van der Waals surface area contributed by atoms with E-state index in [9.17, 15) is 26.3 Å². The second-order valence-electron chi connectivity index (χ2n) is 10.4. The molecule has 2 aromatic rings. The molecule has 0 heterocycles. The Hall–Kier alpha value is -1.34. The molecule has 2 aromatic carbocycles. The average molecular weight is 756 g/mol. The van der Waals surface area contributed by atoms with Crippen LogP contribution in [0.1, 0.15) is 40.5 Å². The molecular formula is C28H26BCl2F10PZr. The Morgan fingerprint density at radius 2 is 0.814 bits per heavy atom. The number of hydrogen-bond acceptors (Lipinski definition) is 0. The molecule has 0 aliphatic heterocycles. The molecular weight excluding hydrogens is 730 g/mol. The van der Waals surface area contributed by atoms with E-state index >= 15 is 17.6 Å². The van der Waals surface area contributed by atoms with Gasteiger partial charge in [0, 0.05) is 0 Å². The summed E-state index contributed by atoms with van der Waals surface area (Å²) < 4.78 is 149. The van der Waals surface area contributed by atoms with Crippen LogP contribution in [0.25, 0.3) is 0 Å². The maximum atomic E-state index is 15.8. The van der Waals surface area contributed by atoms with E-state index in [1.807, 2.05) is 0 Å². The Balaban J connectivity index is 0.00000323. The van der Waals surface area contributed by atoms with Gasteiger partial charge in [0.1, 0.15) is 0 Å². The topological polar surface area (TPSA) is 0 Å². The van der Waals surface area contributed by atoms with Crippen LogP contribution in [-0.2, 0) is 19.5 Å². The summed E-state index contributed by atoms with van der Waals surface area (Å²) in [7, 11) is 0. The van der Waals surface area contributed by atoms with Crippen molar-refractivity contribution in [1.82, 2.24) is 0 Å². The van der Waals surface area contributed by atoms with E-state index < -0.39 is 98.0 Å². The van der Waals surface area contributed by atoms with Gasteiger partial charge in [-0.05, 0) is 0 Å². The summed E-state index contributed by atoms with van der Waals surface area (Å²) in [4.78, 5) is 0. The minimum Gasteiger partial charge on any atom is -0.147 e. The van der Waals surface area contributed by atoms with Crippen LogP contribution in [0.3, 0.4) is 0 Å². The van der Waals surface area contributed by atoms with E-state index in [-0.39, 0.29) is 49.0 Å². The first kappa shape index (κ1) is 37.8. The fraction of sp³-hybridized carbons (Fsp3) is 0.286.